The molecule has 0 bridgehead atoms. The van der Waals surface area contributed by atoms with Gasteiger partial charge in [0.05, 0.1) is 5.75 Å². The lowest BCUT2D eigenvalue weighted by Crippen LogP contribution is -2.29. The third-order valence-electron chi connectivity index (χ3n) is 0.549. The Hall–Kier alpha value is 0.0369. The van der Waals surface area contributed by atoms with Gasteiger partial charge >= 0.3 is 5.97 Å². The van der Waals surface area contributed by atoms with Crippen molar-refractivity contribution in [3.8, 4) is 0 Å². The van der Waals surface area contributed by atoms with Crippen molar-refractivity contribution in [2.24, 2.45) is 0 Å². The smallest absolute Gasteiger partial charge is 0.302 e. The second kappa shape index (κ2) is 3.27. The first-order chi connectivity index (χ1) is 3.95. The Morgan fingerprint density at radius 1 is 1.56 bits per heavy atom. The topological polar surface area (TPSA) is 26.3 Å². The van der Waals surface area contributed by atoms with Crippen LogP contribution in [0.5, 0.6) is 0 Å². The van der Waals surface area contributed by atoms with Gasteiger partial charge in [-0.15, -0.1) is 0 Å². The lowest BCUT2D eigenvalue weighted by Gasteiger charge is -2.15. The van der Waals surface area contributed by atoms with Crippen molar-refractivity contribution >= 4 is 26.9 Å². The molecule has 0 aliphatic carbocycles. The maximum Gasteiger partial charge on any atom is 0.302 e. The molecular formula is C5H12O2SSi. The van der Waals surface area contributed by atoms with Crippen LogP contribution in [0.4, 0.5) is 0 Å². The summed E-state index contributed by atoms with van der Waals surface area (Å²) in [6, 6.07) is 0. The highest BCUT2D eigenvalue weighted by atomic mass is 32.1. The van der Waals surface area contributed by atoms with Crippen LogP contribution in [0.3, 0.4) is 0 Å². The first kappa shape index (κ1) is 9.04. The number of thiol groups is 1. The molecule has 0 spiro atoms. The fourth-order valence-corrected chi connectivity index (χ4v) is 1.31. The van der Waals surface area contributed by atoms with E-state index in [1.54, 1.807) is 0 Å². The molecule has 4 heteroatoms. The number of hydrogen-bond donors (Lipinski definition) is 1. The molecule has 0 heterocycles. The normalized spacial score (nSPS) is 11.1. The number of hydrogen-bond acceptors (Lipinski definition) is 3. The second-order valence-electron chi connectivity index (χ2n) is 2.74. The lowest BCUT2D eigenvalue weighted by molar-refractivity contribution is -0.132. The van der Waals surface area contributed by atoms with Gasteiger partial charge in [-0.1, -0.05) is 0 Å². The molecule has 0 fully saturated rings. The highest BCUT2D eigenvalue weighted by Gasteiger charge is 2.18. The average molecular weight is 164 g/mol. The summed E-state index contributed by atoms with van der Waals surface area (Å²) in [5.41, 5.74) is 0. The van der Waals surface area contributed by atoms with E-state index >= 15 is 0 Å². The lowest BCUT2D eigenvalue weighted by atomic mass is 10.8. The van der Waals surface area contributed by atoms with Crippen LogP contribution in [-0.2, 0) is 9.22 Å². The van der Waals surface area contributed by atoms with Crippen LogP contribution in [0.2, 0.25) is 19.6 Å². The van der Waals surface area contributed by atoms with Crippen molar-refractivity contribution in [2.45, 2.75) is 19.6 Å². The first-order valence-corrected chi connectivity index (χ1v) is 6.82. The van der Waals surface area contributed by atoms with E-state index in [9.17, 15) is 4.79 Å². The predicted octanol–water partition coefficient (Wildman–Crippen LogP) is 1.29. The Morgan fingerprint density at radius 2 is 2.00 bits per heavy atom. The van der Waals surface area contributed by atoms with Crippen molar-refractivity contribution in [1.82, 2.24) is 0 Å². The molecule has 0 N–H and O–H groups in total. The van der Waals surface area contributed by atoms with E-state index in [-0.39, 0.29) is 11.7 Å². The maximum atomic E-state index is 10.6. The third kappa shape index (κ3) is 5.91. The Kier molecular flexibility index (Phi) is 3.28. The second-order valence-corrected chi connectivity index (χ2v) is 7.49. The first-order valence-electron chi connectivity index (χ1n) is 2.78. The van der Waals surface area contributed by atoms with Crippen molar-refractivity contribution in [1.29, 1.82) is 0 Å². The molecule has 0 saturated heterocycles. The van der Waals surface area contributed by atoms with E-state index in [1.165, 1.54) is 0 Å². The molecule has 0 aromatic carbocycles. The van der Waals surface area contributed by atoms with E-state index in [1.807, 2.05) is 19.6 Å². The zero-order valence-electron chi connectivity index (χ0n) is 5.97. The summed E-state index contributed by atoms with van der Waals surface area (Å²) in [5.74, 6) is -0.0259. The summed E-state index contributed by atoms with van der Waals surface area (Å²) in [7, 11) is -1.64. The van der Waals surface area contributed by atoms with Crippen molar-refractivity contribution < 1.29 is 9.22 Å². The Morgan fingerprint density at radius 3 is 2.11 bits per heavy atom. The molecule has 54 valence electrons. The maximum absolute atomic E-state index is 10.6. The molecule has 0 aliphatic heterocycles. The summed E-state index contributed by atoms with van der Waals surface area (Å²) >= 11 is 3.78. The van der Waals surface area contributed by atoms with Gasteiger partial charge in [0.15, 0.2) is 0 Å². The quantitative estimate of drug-likeness (QED) is 0.492. The highest BCUT2D eigenvalue weighted by Crippen LogP contribution is 2.02. The molecular weight excluding hydrogens is 152 g/mol. The molecule has 0 unspecified atom stereocenters. The van der Waals surface area contributed by atoms with Crippen LogP contribution in [0, 0.1) is 0 Å². The number of rotatable bonds is 2. The van der Waals surface area contributed by atoms with Gasteiger partial charge in [-0.2, -0.15) is 12.6 Å². The van der Waals surface area contributed by atoms with Crippen molar-refractivity contribution in [2.75, 3.05) is 5.75 Å². The van der Waals surface area contributed by atoms with Gasteiger partial charge in [0, 0.05) is 0 Å². The van der Waals surface area contributed by atoms with Gasteiger partial charge in [-0.25, -0.2) is 0 Å². The predicted molar refractivity (Wildman–Crippen MR) is 43.3 cm³/mol. The summed E-state index contributed by atoms with van der Waals surface area (Å²) < 4.78 is 5.01. The molecule has 0 saturated carbocycles. The van der Waals surface area contributed by atoms with Crippen molar-refractivity contribution in [3.05, 3.63) is 0 Å². The largest absolute Gasteiger partial charge is 0.519 e. The highest BCUT2D eigenvalue weighted by molar-refractivity contribution is 7.81. The zero-order chi connectivity index (χ0) is 7.49. The number of carbonyl (C=O) groups excluding carboxylic acids is 1. The monoisotopic (exact) mass is 164 g/mol. The molecule has 0 aromatic heterocycles. The molecule has 2 nitrogen and oxygen atoms in total. The molecule has 9 heavy (non-hydrogen) atoms. The Labute approximate surface area is 62.1 Å². The van der Waals surface area contributed by atoms with Crippen LogP contribution < -0.4 is 0 Å². The van der Waals surface area contributed by atoms with E-state index < -0.39 is 8.32 Å². The fourth-order valence-electron chi connectivity index (χ4n) is 0.374. The zero-order valence-corrected chi connectivity index (χ0v) is 7.87. The molecule has 0 aromatic rings. The van der Waals surface area contributed by atoms with E-state index in [0.29, 0.717) is 0 Å². The minimum atomic E-state index is -1.64. The van der Waals surface area contributed by atoms with E-state index in [4.69, 9.17) is 4.43 Å². The summed E-state index contributed by atoms with van der Waals surface area (Å²) in [6.07, 6.45) is 0. The Bertz CT molecular complexity index is 108. The summed E-state index contributed by atoms with van der Waals surface area (Å²) in [4.78, 5) is 10.6. The van der Waals surface area contributed by atoms with Gasteiger partial charge in [-0.3, -0.25) is 4.79 Å². The van der Waals surface area contributed by atoms with Crippen LogP contribution in [0.1, 0.15) is 0 Å². The van der Waals surface area contributed by atoms with Gasteiger partial charge in [0.1, 0.15) is 0 Å². The standard InChI is InChI=1S/C5H12O2SSi/c1-9(2,3)7-5(6)4-8/h8H,4H2,1-3H3. The molecule has 0 rings (SSSR count). The van der Waals surface area contributed by atoms with E-state index in [2.05, 4.69) is 12.6 Å². The van der Waals surface area contributed by atoms with Gasteiger partial charge in [-0.05, 0) is 19.6 Å². The molecule has 0 amide bonds. The van der Waals surface area contributed by atoms with Crippen LogP contribution in [0.25, 0.3) is 0 Å². The molecule has 0 radical (unpaired) electrons. The minimum Gasteiger partial charge on any atom is -0.519 e. The van der Waals surface area contributed by atoms with E-state index in [0.717, 1.165) is 0 Å². The van der Waals surface area contributed by atoms with Crippen molar-refractivity contribution in [3.63, 3.8) is 0 Å². The number of carbonyl (C=O) groups is 1. The Balaban J connectivity index is 3.60. The summed E-state index contributed by atoms with van der Waals surface area (Å²) in [5, 5.41) is 0. The van der Waals surface area contributed by atoms with Gasteiger partial charge in [0.2, 0.25) is 8.32 Å². The van der Waals surface area contributed by atoms with Gasteiger partial charge < -0.3 is 4.43 Å². The van der Waals surface area contributed by atoms with Gasteiger partial charge in [0.25, 0.3) is 0 Å². The van der Waals surface area contributed by atoms with Crippen LogP contribution in [-0.4, -0.2) is 20.0 Å². The minimum absolute atomic E-state index is 0.185. The SMILES string of the molecule is C[Si](C)(C)OC(=O)CS. The molecule has 0 atom stereocenters. The summed E-state index contributed by atoms with van der Waals surface area (Å²) in [6.45, 7) is 5.90. The van der Waals surface area contributed by atoms with Crippen LogP contribution in [0.15, 0.2) is 0 Å². The fraction of sp³-hybridized carbons (Fsp3) is 0.800. The van der Waals surface area contributed by atoms with Crippen LogP contribution >= 0.6 is 12.6 Å². The molecule has 0 aliphatic rings. The third-order valence-corrected chi connectivity index (χ3v) is 1.65. The average Bonchev–Trinajstić information content (AvgIpc) is 1.62.